The Morgan fingerprint density at radius 2 is 1.84 bits per heavy atom. The normalized spacial score (nSPS) is 20.0. The molecule has 1 amide bonds. The second kappa shape index (κ2) is 14.5. The first-order valence-corrected chi connectivity index (χ1v) is 17.6. The number of thiazole rings is 1. The monoisotopic (exact) mass is 619 g/mol. The predicted molar refractivity (Wildman–Crippen MR) is 180 cm³/mol. The molecule has 44 heavy (non-hydrogen) atoms. The summed E-state index contributed by atoms with van der Waals surface area (Å²) in [6, 6.07) is 8.74. The van der Waals surface area contributed by atoms with Crippen LogP contribution in [-0.2, 0) is 4.79 Å². The Kier molecular flexibility index (Phi) is 10.3. The minimum Gasteiger partial charge on any atom is -0.393 e. The van der Waals surface area contributed by atoms with Gasteiger partial charge < -0.3 is 25.1 Å². The van der Waals surface area contributed by atoms with Crippen LogP contribution in [0.5, 0.6) is 0 Å². The zero-order valence-corrected chi connectivity index (χ0v) is 27.3. The number of nitrogens with one attached hydrogen (secondary N) is 1. The summed E-state index contributed by atoms with van der Waals surface area (Å²) >= 11 is 1.67. The highest BCUT2D eigenvalue weighted by molar-refractivity contribution is 7.13. The Morgan fingerprint density at radius 3 is 2.64 bits per heavy atom. The fourth-order valence-corrected chi connectivity index (χ4v) is 7.85. The summed E-state index contributed by atoms with van der Waals surface area (Å²) in [6.45, 7) is 13.7. The number of hydrogen-bond acceptors (Lipinski definition) is 9. The zero-order valence-electron chi connectivity index (χ0n) is 26.5. The molecule has 1 aromatic carbocycles. The smallest absolute Gasteiger partial charge is 0.222 e. The van der Waals surface area contributed by atoms with Crippen molar-refractivity contribution in [1.82, 2.24) is 25.1 Å². The fourth-order valence-electron chi connectivity index (χ4n) is 6.92. The first kappa shape index (κ1) is 31.2. The number of aromatic nitrogens is 2. The van der Waals surface area contributed by atoms with E-state index in [-0.39, 0.29) is 18.1 Å². The first-order valence-electron chi connectivity index (χ1n) is 16.7. The molecule has 10 heteroatoms. The molecule has 0 saturated carbocycles. The molecular formula is C34H49N7O2S. The van der Waals surface area contributed by atoms with Crippen LogP contribution in [0.2, 0.25) is 0 Å². The van der Waals surface area contributed by atoms with Gasteiger partial charge in [0.05, 0.1) is 29.0 Å². The summed E-state index contributed by atoms with van der Waals surface area (Å²) in [5, 5.41) is 17.6. The zero-order chi connectivity index (χ0) is 30.5. The quantitative estimate of drug-likeness (QED) is 0.340. The van der Waals surface area contributed by atoms with Gasteiger partial charge in [0.2, 0.25) is 5.91 Å². The first-order chi connectivity index (χ1) is 21.4. The third-order valence-electron chi connectivity index (χ3n) is 9.60. The number of rotatable bonds is 10. The SMILES string of the molecule is CC(C)c1cc(N2CCCN(C(CC(=O)NCCN3CCCC3)c3csc(N4CCC(O)CC4)n3)CC2)c2ncccc2c1. The number of aliphatic hydroxyl groups is 1. The molecule has 2 aromatic heterocycles. The van der Waals surface area contributed by atoms with Crippen LogP contribution in [0.3, 0.4) is 0 Å². The summed E-state index contributed by atoms with van der Waals surface area (Å²) in [5.74, 6) is 0.544. The van der Waals surface area contributed by atoms with Gasteiger partial charge in [-0.3, -0.25) is 14.7 Å². The number of anilines is 2. The molecule has 6 rings (SSSR count). The van der Waals surface area contributed by atoms with E-state index in [1.807, 2.05) is 12.3 Å². The maximum Gasteiger partial charge on any atom is 0.222 e. The number of carbonyl (C=O) groups excluding carboxylic acids is 1. The Balaban J connectivity index is 1.19. The largest absolute Gasteiger partial charge is 0.393 e. The number of pyridine rings is 1. The van der Waals surface area contributed by atoms with Crippen LogP contribution in [0.1, 0.15) is 75.6 Å². The highest BCUT2D eigenvalue weighted by atomic mass is 32.1. The highest BCUT2D eigenvalue weighted by Gasteiger charge is 2.30. The van der Waals surface area contributed by atoms with Crippen molar-refractivity contribution in [3.8, 4) is 0 Å². The van der Waals surface area contributed by atoms with Crippen molar-refractivity contribution in [3.05, 3.63) is 47.1 Å². The van der Waals surface area contributed by atoms with E-state index in [0.29, 0.717) is 18.9 Å². The average molecular weight is 620 g/mol. The summed E-state index contributed by atoms with van der Waals surface area (Å²) in [7, 11) is 0. The third kappa shape index (κ3) is 7.53. The lowest BCUT2D eigenvalue weighted by molar-refractivity contribution is -0.122. The van der Waals surface area contributed by atoms with Crippen LogP contribution in [-0.4, -0.2) is 102 Å². The molecule has 3 fully saturated rings. The lowest BCUT2D eigenvalue weighted by Gasteiger charge is -2.31. The fraction of sp³-hybridized carbons (Fsp3) is 0.618. The number of fused-ring (bicyclic) bond motifs is 1. The Bertz CT molecular complexity index is 1380. The van der Waals surface area contributed by atoms with Gasteiger partial charge in [0.1, 0.15) is 0 Å². The molecule has 238 valence electrons. The number of likely N-dealkylation sites (tertiary alicyclic amines) is 1. The second-order valence-electron chi connectivity index (χ2n) is 13.0. The lowest BCUT2D eigenvalue weighted by Crippen LogP contribution is -2.39. The maximum atomic E-state index is 13.4. The van der Waals surface area contributed by atoms with Crippen LogP contribution in [0, 0.1) is 0 Å². The van der Waals surface area contributed by atoms with Crippen molar-refractivity contribution in [3.63, 3.8) is 0 Å². The van der Waals surface area contributed by atoms with Gasteiger partial charge in [-0.15, -0.1) is 11.3 Å². The van der Waals surface area contributed by atoms with Crippen LogP contribution < -0.4 is 15.1 Å². The molecule has 1 atom stereocenters. The molecule has 3 saturated heterocycles. The van der Waals surface area contributed by atoms with E-state index in [1.54, 1.807) is 11.3 Å². The predicted octanol–water partition coefficient (Wildman–Crippen LogP) is 4.63. The Hall–Kier alpha value is -2.79. The van der Waals surface area contributed by atoms with Gasteiger partial charge in [-0.1, -0.05) is 19.9 Å². The Labute approximate surface area is 266 Å². The summed E-state index contributed by atoms with van der Waals surface area (Å²) < 4.78 is 0. The maximum absolute atomic E-state index is 13.4. The van der Waals surface area contributed by atoms with Gasteiger partial charge in [0.15, 0.2) is 5.13 Å². The molecule has 2 N–H and O–H groups in total. The van der Waals surface area contributed by atoms with Crippen LogP contribution in [0.25, 0.3) is 10.9 Å². The number of carbonyl (C=O) groups is 1. The van der Waals surface area contributed by atoms with Crippen molar-refractivity contribution in [1.29, 1.82) is 0 Å². The van der Waals surface area contributed by atoms with E-state index in [1.165, 1.54) is 29.5 Å². The summed E-state index contributed by atoms with van der Waals surface area (Å²) in [6.07, 6.45) is 7.18. The number of amides is 1. The topological polar surface area (TPSA) is 88.1 Å². The van der Waals surface area contributed by atoms with Crippen LogP contribution in [0.15, 0.2) is 35.8 Å². The number of nitrogens with zero attached hydrogens (tertiary/aromatic N) is 6. The van der Waals surface area contributed by atoms with E-state index in [0.717, 1.165) is 94.5 Å². The molecule has 0 radical (unpaired) electrons. The molecule has 0 spiro atoms. The van der Waals surface area contributed by atoms with Crippen LogP contribution in [0.4, 0.5) is 10.8 Å². The molecule has 9 nitrogen and oxygen atoms in total. The van der Waals surface area contributed by atoms with Crippen LogP contribution >= 0.6 is 11.3 Å². The van der Waals surface area contributed by atoms with Crippen molar-refractivity contribution in [2.45, 2.75) is 70.4 Å². The third-order valence-corrected chi connectivity index (χ3v) is 10.5. The highest BCUT2D eigenvalue weighted by Crippen LogP contribution is 2.34. The van der Waals surface area contributed by atoms with Gasteiger partial charge in [-0.05, 0) is 74.9 Å². The van der Waals surface area contributed by atoms with Crippen molar-refractivity contribution >= 4 is 39.0 Å². The van der Waals surface area contributed by atoms with E-state index in [2.05, 4.69) is 62.3 Å². The van der Waals surface area contributed by atoms with E-state index in [9.17, 15) is 9.90 Å². The molecule has 5 heterocycles. The van der Waals surface area contributed by atoms with Gasteiger partial charge in [-0.2, -0.15) is 0 Å². The van der Waals surface area contributed by atoms with Gasteiger partial charge in [-0.25, -0.2) is 4.98 Å². The number of aliphatic hydroxyl groups excluding tert-OH is 1. The van der Waals surface area contributed by atoms with E-state index < -0.39 is 0 Å². The van der Waals surface area contributed by atoms with Gasteiger partial charge in [0.25, 0.3) is 0 Å². The minimum atomic E-state index is -0.212. The minimum absolute atomic E-state index is 0.0704. The van der Waals surface area contributed by atoms with Crippen molar-refractivity contribution in [2.24, 2.45) is 0 Å². The number of benzene rings is 1. The standard InChI is InChI=1S/C34H49N7O2S/c1-25(2)27-21-26-7-5-10-36-33(26)31(22-27)40-15-6-14-39(19-20-40)30(23-32(43)35-11-18-38-12-3-4-13-38)29-24-44-34(37-29)41-16-8-28(42)9-17-41/h5,7,10,21-22,24-25,28,30,42H,3-4,6,8-9,11-20,23H2,1-2H3,(H,35,43). The number of piperidine rings is 1. The molecular weight excluding hydrogens is 570 g/mol. The second-order valence-corrected chi connectivity index (χ2v) is 13.9. The van der Waals surface area contributed by atoms with Gasteiger partial charge in [0, 0.05) is 75.7 Å². The summed E-state index contributed by atoms with van der Waals surface area (Å²) in [4.78, 5) is 33.0. The number of hydrogen-bond donors (Lipinski definition) is 2. The van der Waals surface area contributed by atoms with Crippen molar-refractivity contribution in [2.75, 3.05) is 75.2 Å². The molecule has 3 aromatic rings. The average Bonchev–Trinajstić information content (AvgIpc) is 3.68. The summed E-state index contributed by atoms with van der Waals surface area (Å²) in [5.41, 5.74) is 4.61. The van der Waals surface area contributed by atoms with Gasteiger partial charge >= 0.3 is 0 Å². The molecule has 0 bridgehead atoms. The lowest BCUT2D eigenvalue weighted by atomic mass is 9.99. The molecule has 1 unspecified atom stereocenters. The molecule has 3 aliphatic rings. The Morgan fingerprint density at radius 1 is 1.02 bits per heavy atom. The van der Waals surface area contributed by atoms with E-state index in [4.69, 9.17) is 9.97 Å². The molecule has 3 aliphatic heterocycles. The van der Waals surface area contributed by atoms with E-state index >= 15 is 0 Å². The molecule has 0 aliphatic carbocycles. The van der Waals surface area contributed by atoms with Crippen molar-refractivity contribution < 1.29 is 9.90 Å².